The van der Waals surface area contributed by atoms with Gasteiger partial charge in [-0.05, 0) is 37.1 Å². The number of rotatable bonds is 7. The molecule has 6 heteroatoms. The number of nitrogens with one attached hydrogen (secondary N) is 2. The summed E-state index contributed by atoms with van der Waals surface area (Å²) >= 11 is 0. The molecule has 0 fully saturated rings. The SMILES string of the molecule is Nc1cccnc1NCCCCNC(=O)c1cccnc1. The minimum atomic E-state index is -0.0926. The van der Waals surface area contributed by atoms with Crippen LogP contribution in [-0.2, 0) is 0 Å². The van der Waals surface area contributed by atoms with Gasteiger partial charge in [0.2, 0.25) is 0 Å². The number of amides is 1. The van der Waals surface area contributed by atoms with E-state index in [4.69, 9.17) is 5.73 Å². The van der Waals surface area contributed by atoms with Crippen LogP contribution in [-0.4, -0.2) is 29.0 Å². The Labute approximate surface area is 123 Å². The lowest BCUT2D eigenvalue weighted by atomic mass is 10.2. The Kier molecular flexibility index (Phi) is 5.51. The number of nitrogen functional groups attached to an aromatic ring is 1. The van der Waals surface area contributed by atoms with Crippen LogP contribution >= 0.6 is 0 Å². The standard InChI is InChI=1S/C15H19N5O/c16-13-6-4-10-19-14(13)18-8-1-2-9-20-15(21)12-5-3-7-17-11-12/h3-7,10-11H,1-2,8-9,16H2,(H,18,19)(H,20,21). The lowest BCUT2D eigenvalue weighted by molar-refractivity contribution is 0.0952. The number of nitrogens with zero attached hydrogens (tertiary/aromatic N) is 2. The molecule has 0 aliphatic heterocycles. The molecule has 2 aromatic heterocycles. The van der Waals surface area contributed by atoms with E-state index < -0.39 is 0 Å². The third kappa shape index (κ3) is 4.76. The lowest BCUT2D eigenvalue weighted by Gasteiger charge is -2.08. The van der Waals surface area contributed by atoms with E-state index >= 15 is 0 Å². The molecule has 0 unspecified atom stereocenters. The number of nitrogens with two attached hydrogens (primary N) is 1. The Morgan fingerprint density at radius 1 is 1.14 bits per heavy atom. The largest absolute Gasteiger partial charge is 0.396 e. The molecule has 0 atom stereocenters. The van der Waals surface area contributed by atoms with Crippen LogP contribution in [0, 0.1) is 0 Å². The van der Waals surface area contributed by atoms with Crippen LogP contribution in [0.25, 0.3) is 0 Å². The van der Waals surface area contributed by atoms with E-state index in [2.05, 4.69) is 20.6 Å². The number of pyridine rings is 2. The van der Waals surface area contributed by atoms with Gasteiger partial charge in [-0.1, -0.05) is 0 Å². The molecule has 0 radical (unpaired) electrons. The quantitative estimate of drug-likeness (QED) is 0.673. The first-order valence-electron chi connectivity index (χ1n) is 6.90. The maximum absolute atomic E-state index is 11.8. The van der Waals surface area contributed by atoms with E-state index in [1.165, 1.54) is 0 Å². The van der Waals surface area contributed by atoms with Gasteiger partial charge in [0.1, 0.15) is 5.82 Å². The highest BCUT2D eigenvalue weighted by atomic mass is 16.1. The van der Waals surface area contributed by atoms with Gasteiger partial charge in [0.25, 0.3) is 5.91 Å². The maximum atomic E-state index is 11.8. The van der Waals surface area contributed by atoms with Gasteiger partial charge in [0.15, 0.2) is 0 Å². The monoisotopic (exact) mass is 285 g/mol. The number of carbonyl (C=O) groups is 1. The van der Waals surface area contributed by atoms with Crippen molar-refractivity contribution in [2.75, 3.05) is 24.1 Å². The van der Waals surface area contributed by atoms with Crippen molar-refractivity contribution in [2.45, 2.75) is 12.8 Å². The third-order valence-electron chi connectivity index (χ3n) is 2.94. The van der Waals surface area contributed by atoms with Crippen molar-refractivity contribution in [3.63, 3.8) is 0 Å². The third-order valence-corrected chi connectivity index (χ3v) is 2.94. The fourth-order valence-corrected chi connectivity index (χ4v) is 1.82. The summed E-state index contributed by atoms with van der Waals surface area (Å²) in [6.45, 7) is 1.40. The van der Waals surface area contributed by atoms with Crippen LogP contribution < -0.4 is 16.4 Å². The zero-order chi connectivity index (χ0) is 14.9. The van der Waals surface area contributed by atoms with E-state index in [1.807, 2.05) is 6.07 Å². The molecule has 110 valence electrons. The summed E-state index contributed by atoms with van der Waals surface area (Å²) in [6, 6.07) is 7.10. The van der Waals surface area contributed by atoms with Gasteiger partial charge >= 0.3 is 0 Å². The summed E-state index contributed by atoms with van der Waals surface area (Å²) in [4.78, 5) is 19.8. The van der Waals surface area contributed by atoms with Crippen molar-refractivity contribution in [1.82, 2.24) is 15.3 Å². The van der Waals surface area contributed by atoms with Crippen LogP contribution in [0.4, 0.5) is 11.5 Å². The molecule has 21 heavy (non-hydrogen) atoms. The number of hydrogen-bond donors (Lipinski definition) is 3. The molecule has 2 aromatic rings. The molecule has 0 spiro atoms. The van der Waals surface area contributed by atoms with E-state index in [9.17, 15) is 4.79 Å². The Balaban J connectivity index is 1.60. The first kappa shape index (κ1) is 14.8. The zero-order valence-corrected chi connectivity index (χ0v) is 11.7. The van der Waals surface area contributed by atoms with Gasteiger partial charge in [-0.2, -0.15) is 0 Å². The minimum absolute atomic E-state index is 0.0926. The number of aromatic nitrogens is 2. The molecule has 1 amide bonds. The molecule has 4 N–H and O–H groups in total. The highest BCUT2D eigenvalue weighted by molar-refractivity contribution is 5.93. The van der Waals surface area contributed by atoms with Crippen LogP contribution in [0.15, 0.2) is 42.9 Å². The fourth-order valence-electron chi connectivity index (χ4n) is 1.82. The predicted octanol–water partition coefficient (Wildman–Crippen LogP) is 1.68. The molecule has 0 aromatic carbocycles. The molecular weight excluding hydrogens is 266 g/mol. The minimum Gasteiger partial charge on any atom is -0.396 e. The predicted molar refractivity (Wildman–Crippen MR) is 82.9 cm³/mol. The number of anilines is 2. The molecule has 0 aliphatic rings. The normalized spacial score (nSPS) is 10.1. The molecular formula is C15H19N5O. The smallest absolute Gasteiger partial charge is 0.252 e. The summed E-state index contributed by atoms with van der Waals surface area (Å²) in [5.41, 5.74) is 7.00. The van der Waals surface area contributed by atoms with Crippen LogP contribution in [0.5, 0.6) is 0 Å². The fraction of sp³-hybridized carbons (Fsp3) is 0.267. The van der Waals surface area contributed by atoms with E-state index in [-0.39, 0.29) is 5.91 Å². The highest BCUT2D eigenvalue weighted by Crippen LogP contribution is 2.12. The van der Waals surface area contributed by atoms with Crippen LogP contribution in [0.2, 0.25) is 0 Å². The Morgan fingerprint density at radius 2 is 1.95 bits per heavy atom. The average Bonchev–Trinajstić information content (AvgIpc) is 2.53. The first-order valence-corrected chi connectivity index (χ1v) is 6.90. The maximum Gasteiger partial charge on any atom is 0.252 e. The summed E-state index contributed by atoms with van der Waals surface area (Å²) in [6.07, 6.45) is 6.70. The van der Waals surface area contributed by atoms with Crippen LogP contribution in [0.3, 0.4) is 0 Å². The number of carbonyl (C=O) groups excluding carboxylic acids is 1. The van der Waals surface area contributed by atoms with Crippen molar-refractivity contribution in [1.29, 1.82) is 0 Å². The molecule has 2 heterocycles. The Morgan fingerprint density at radius 3 is 2.71 bits per heavy atom. The van der Waals surface area contributed by atoms with Gasteiger partial charge in [-0.3, -0.25) is 9.78 Å². The van der Waals surface area contributed by atoms with Crippen LogP contribution in [0.1, 0.15) is 23.2 Å². The summed E-state index contributed by atoms with van der Waals surface area (Å²) in [5.74, 6) is 0.613. The lowest BCUT2D eigenvalue weighted by Crippen LogP contribution is -2.24. The van der Waals surface area contributed by atoms with Crippen molar-refractivity contribution < 1.29 is 4.79 Å². The van der Waals surface area contributed by atoms with Crippen molar-refractivity contribution in [3.05, 3.63) is 48.4 Å². The topological polar surface area (TPSA) is 92.9 Å². The van der Waals surface area contributed by atoms with E-state index in [1.54, 1.807) is 36.8 Å². The molecule has 6 nitrogen and oxygen atoms in total. The Bertz CT molecular complexity index is 573. The van der Waals surface area contributed by atoms with Crippen molar-refractivity contribution >= 4 is 17.4 Å². The zero-order valence-electron chi connectivity index (χ0n) is 11.7. The molecule has 0 bridgehead atoms. The van der Waals surface area contributed by atoms with E-state index in [0.29, 0.717) is 23.6 Å². The summed E-state index contributed by atoms with van der Waals surface area (Å²) in [7, 11) is 0. The van der Waals surface area contributed by atoms with Gasteiger partial charge < -0.3 is 16.4 Å². The van der Waals surface area contributed by atoms with Gasteiger partial charge in [-0.25, -0.2) is 4.98 Å². The molecule has 0 saturated heterocycles. The van der Waals surface area contributed by atoms with Gasteiger partial charge in [-0.15, -0.1) is 0 Å². The first-order chi connectivity index (χ1) is 10.3. The van der Waals surface area contributed by atoms with Crippen molar-refractivity contribution in [3.8, 4) is 0 Å². The summed E-state index contributed by atoms with van der Waals surface area (Å²) in [5, 5.41) is 6.04. The van der Waals surface area contributed by atoms with Gasteiger partial charge in [0, 0.05) is 31.7 Å². The second-order valence-electron chi connectivity index (χ2n) is 4.57. The molecule has 0 saturated carbocycles. The van der Waals surface area contributed by atoms with Gasteiger partial charge in [0.05, 0.1) is 11.3 Å². The Hall–Kier alpha value is -2.63. The molecule has 2 rings (SSSR count). The highest BCUT2D eigenvalue weighted by Gasteiger charge is 2.03. The van der Waals surface area contributed by atoms with Crippen molar-refractivity contribution in [2.24, 2.45) is 0 Å². The average molecular weight is 285 g/mol. The number of hydrogen-bond acceptors (Lipinski definition) is 5. The number of unbranched alkanes of at least 4 members (excludes halogenated alkanes) is 1. The second kappa shape index (κ2) is 7.84. The van der Waals surface area contributed by atoms with E-state index in [0.717, 1.165) is 19.4 Å². The second-order valence-corrected chi connectivity index (χ2v) is 4.57. The molecule has 0 aliphatic carbocycles. The summed E-state index contributed by atoms with van der Waals surface area (Å²) < 4.78 is 0.